The van der Waals surface area contributed by atoms with Gasteiger partial charge in [0.1, 0.15) is 18.0 Å². The molecule has 27 heavy (non-hydrogen) atoms. The Labute approximate surface area is 159 Å². The number of aromatic nitrogens is 5. The molecule has 4 rings (SSSR count). The molecule has 0 saturated carbocycles. The number of nitrogens with zero attached hydrogens (tertiary/aromatic N) is 7. The average Bonchev–Trinajstić information content (AvgIpc) is 3.32. The number of rotatable bonds is 4. The monoisotopic (exact) mass is 369 g/mol. The number of carbonyl (C=O) groups excluding carboxylic acids is 1. The molecule has 1 amide bonds. The summed E-state index contributed by atoms with van der Waals surface area (Å²) in [6.07, 6.45) is 7.64. The highest BCUT2D eigenvalue weighted by Gasteiger charge is 2.30. The van der Waals surface area contributed by atoms with E-state index in [0.717, 1.165) is 56.4 Å². The van der Waals surface area contributed by atoms with Gasteiger partial charge in [-0.2, -0.15) is 0 Å². The van der Waals surface area contributed by atoms with Crippen LogP contribution in [0.2, 0.25) is 0 Å². The smallest absolute Gasteiger partial charge is 0.257 e. The molecule has 2 aromatic rings. The molecule has 0 spiro atoms. The first-order chi connectivity index (χ1) is 13.1. The quantitative estimate of drug-likeness (QED) is 0.813. The van der Waals surface area contributed by atoms with Gasteiger partial charge in [-0.3, -0.25) is 9.69 Å². The minimum atomic E-state index is 0.0114. The summed E-state index contributed by atoms with van der Waals surface area (Å²) in [5, 5.41) is 8.93. The van der Waals surface area contributed by atoms with E-state index in [0.29, 0.717) is 12.1 Å². The van der Waals surface area contributed by atoms with Crippen LogP contribution in [-0.4, -0.2) is 66.6 Å². The zero-order valence-corrected chi connectivity index (χ0v) is 16.1. The van der Waals surface area contributed by atoms with Crippen molar-refractivity contribution in [2.75, 3.05) is 26.2 Å². The molecule has 4 heterocycles. The number of carbonyl (C=O) groups is 1. The van der Waals surface area contributed by atoms with Gasteiger partial charge in [-0.05, 0) is 45.7 Å². The van der Waals surface area contributed by atoms with Crippen molar-refractivity contribution in [1.29, 1.82) is 0 Å². The summed E-state index contributed by atoms with van der Waals surface area (Å²) in [5.74, 6) is 2.24. The molecule has 2 aromatic heterocycles. The van der Waals surface area contributed by atoms with Gasteiger partial charge in [0.25, 0.3) is 5.91 Å². The molecule has 0 radical (unpaired) electrons. The fraction of sp³-hybridized carbons (Fsp3) is 0.632. The molecule has 2 aliphatic rings. The summed E-state index contributed by atoms with van der Waals surface area (Å²) in [4.78, 5) is 25.4. The van der Waals surface area contributed by atoms with Gasteiger partial charge in [-0.25, -0.2) is 9.97 Å². The van der Waals surface area contributed by atoms with Crippen LogP contribution in [0.4, 0.5) is 0 Å². The van der Waals surface area contributed by atoms with Crippen molar-refractivity contribution in [3.8, 4) is 0 Å². The highest BCUT2D eigenvalue weighted by Crippen LogP contribution is 2.27. The van der Waals surface area contributed by atoms with Crippen LogP contribution in [0.25, 0.3) is 0 Å². The van der Waals surface area contributed by atoms with Crippen molar-refractivity contribution in [1.82, 2.24) is 34.5 Å². The maximum Gasteiger partial charge on any atom is 0.257 e. The largest absolute Gasteiger partial charge is 0.338 e. The lowest BCUT2D eigenvalue weighted by atomic mass is 9.96. The molecule has 8 heteroatoms. The van der Waals surface area contributed by atoms with Crippen LogP contribution in [-0.2, 0) is 13.6 Å². The third-order valence-corrected chi connectivity index (χ3v) is 5.78. The Bertz CT molecular complexity index is 812. The summed E-state index contributed by atoms with van der Waals surface area (Å²) in [6.45, 7) is 6.44. The van der Waals surface area contributed by atoms with Gasteiger partial charge in [0.05, 0.1) is 17.8 Å². The van der Waals surface area contributed by atoms with E-state index in [1.807, 2.05) is 11.8 Å². The standard InChI is InChI=1S/C19H27N7O/c1-14-16(10-20-13-21-14)19(27)26-9-5-6-15(11-26)18-23-22-17(24(18)2)12-25-7-3-4-8-25/h10,13,15H,3-9,11-12H2,1-2H3/t15-/m1/s1. The number of likely N-dealkylation sites (tertiary alicyclic amines) is 2. The fourth-order valence-corrected chi connectivity index (χ4v) is 4.15. The Kier molecular flexibility index (Phi) is 5.15. The lowest BCUT2D eigenvalue weighted by Gasteiger charge is -2.32. The molecular formula is C19H27N7O. The summed E-state index contributed by atoms with van der Waals surface area (Å²) < 4.78 is 2.13. The van der Waals surface area contributed by atoms with Crippen molar-refractivity contribution in [3.05, 3.63) is 35.4 Å². The highest BCUT2D eigenvalue weighted by molar-refractivity contribution is 5.95. The maximum atomic E-state index is 12.9. The minimum Gasteiger partial charge on any atom is -0.338 e. The normalized spacial score (nSPS) is 21.0. The van der Waals surface area contributed by atoms with Crippen molar-refractivity contribution >= 4 is 5.91 Å². The Morgan fingerprint density at radius 1 is 1.19 bits per heavy atom. The molecule has 0 N–H and O–H groups in total. The minimum absolute atomic E-state index is 0.0114. The van der Waals surface area contributed by atoms with Crippen LogP contribution in [0.15, 0.2) is 12.5 Å². The molecule has 0 aromatic carbocycles. The molecule has 2 saturated heterocycles. The van der Waals surface area contributed by atoms with Gasteiger partial charge in [-0.15, -0.1) is 10.2 Å². The van der Waals surface area contributed by atoms with Crippen LogP contribution >= 0.6 is 0 Å². The Morgan fingerprint density at radius 2 is 2.00 bits per heavy atom. The third-order valence-electron chi connectivity index (χ3n) is 5.78. The van der Waals surface area contributed by atoms with E-state index in [1.165, 1.54) is 19.2 Å². The predicted molar refractivity (Wildman–Crippen MR) is 100 cm³/mol. The van der Waals surface area contributed by atoms with Crippen LogP contribution in [0.5, 0.6) is 0 Å². The van der Waals surface area contributed by atoms with Gasteiger partial charge in [-0.1, -0.05) is 0 Å². The Morgan fingerprint density at radius 3 is 2.78 bits per heavy atom. The van der Waals surface area contributed by atoms with E-state index in [-0.39, 0.29) is 11.8 Å². The molecule has 144 valence electrons. The van der Waals surface area contributed by atoms with E-state index in [1.54, 1.807) is 6.20 Å². The van der Waals surface area contributed by atoms with Crippen LogP contribution in [0.3, 0.4) is 0 Å². The van der Waals surface area contributed by atoms with E-state index in [4.69, 9.17) is 0 Å². The number of aryl methyl sites for hydroxylation is 1. The van der Waals surface area contributed by atoms with Gasteiger partial charge < -0.3 is 9.47 Å². The van der Waals surface area contributed by atoms with Gasteiger partial charge in [0, 0.05) is 32.3 Å². The second-order valence-electron chi connectivity index (χ2n) is 7.63. The van der Waals surface area contributed by atoms with Gasteiger partial charge >= 0.3 is 0 Å². The maximum absolute atomic E-state index is 12.9. The molecule has 1 atom stereocenters. The Hall–Kier alpha value is -2.35. The molecule has 0 aliphatic carbocycles. The van der Waals surface area contributed by atoms with Gasteiger partial charge in [0.2, 0.25) is 0 Å². The lowest BCUT2D eigenvalue weighted by molar-refractivity contribution is 0.0701. The van der Waals surface area contributed by atoms with Gasteiger partial charge in [0.15, 0.2) is 0 Å². The molecule has 0 unspecified atom stereocenters. The summed E-state index contributed by atoms with van der Waals surface area (Å²) in [5.41, 5.74) is 1.31. The summed E-state index contributed by atoms with van der Waals surface area (Å²) in [7, 11) is 2.05. The number of hydrogen-bond acceptors (Lipinski definition) is 6. The second kappa shape index (κ2) is 7.72. The SMILES string of the molecule is Cc1ncncc1C(=O)N1CCC[C@@H](c2nnc(CN3CCCC3)n2C)C1. The zero-order valence-electron chi connectivity index (χ0n) is 16.1. The predicted octanol–water partition coefficient (Wildman–Crippen LogP) is 1.53. The number of hydrogen-bond donors (Lipinski definition) is 0. The highest BCUT2D eigenvalue weighted by atomic mass is 16.2. The van der Waals surface area contributed by atoms with E-state index < -0.39 is 0 Å². The first kappa shape index (κ1) is 18.0. The Balaban J connectivity index is 1.47. The lowest BCUT2D eigenvalue weighted by Crippen LogP contribution is -2.40. The summed E-state index contributed by atoms with van der Waals surface area (Å²) >= 11 is 0. The zero-order chi connectivity index (χ0) is 18.8. The van der Waals surface area contributed by atoms with Crippen molar-refractivity contribution in [2.45, 2.75) is 45.1 Å². The first-order valence-electron chi connectivity index (χ1n) is 9.80. The number of amides is 1. The van der Waals surface area contributed by atoms with E-state index >= 15 is 0 Å². The first-order valence-corrected chi connectivity index (χ1v) is 9.80. The third kappa shape index (κ3) is 3.71. The second-order valence-corrected chi connectivity index (χ2v) is 7.63. The van der Waals surface area contributed by atoms with Crippen LogP contribution < -0.4 is 0 Å². The molecular weight excluding hydrogens is 342 g/mol. The fourth-order valence-electron chi connectivity index (χ4n) is 4.15. The molecule has 2 fully saturated rings. The number of piperidine rings is 1. The van der Waals surface area contributed by atoms with Crippen molar-refractivity contribution in [2.24, 2.45) is 7.05 Å². The summed E-state index contributed by atoms with van der Waals surface area (Å²) in [6, 6.07) is 0. The van der Waals surface area contributed by atoms with E-state index in [2.05, 4.69) is 36.7 Å². The van der Waals surface area contributed by atoms with Crippen LogP contribution in [0, 0.1) is 6.92 Å². The topological polar surface area (TPSA) is 80.0 Å². The molecule has 8 nitrogen and oxygen atoms in total. The van der Waals surface area contributed by atoms with Crippen LogP contribution in [0.1, 0.15) is 59.3 Å². The average molecular weight is 369 g/mol. The van der Waals surface area contributed by atoms with Crippen molar-refractivity contribution in [3.63, 3.8) is 0 Å². The van der Waals surface area contributed by atoms with E-state index in [9.17, 15) is 4.79 Å². The van der Waals surface area contributed by atoms with Crippen molar-refractivity contribution < 1.29 is 4.79 Å². The molecule has 2 aliphatic heterocycles. The molecule has 0 bridgehead atoms.